The molecule has 0 unspecified atom stereocenters. The van der Waals surface area contributed by atoms with Crippen molar-refractivity contribution in [3.05, 3.63) is 83.1 Å². The molecule has 0 spiro atoms. The molecule has 627 valence electrons. The number of nitrogens with zero attached hydrogens (tertiary/aromatic N) is 8. The predicted molar refractivity (Wildman–Crippen MR) is 413 cm³/mol. The number of carboxylic acid groups (broad SMARTS) is 3. The van der Waals surface area contributed by atoms with Crippen molar-refractivity contribution in [3.8, 4) is 0 Å². The molecule has 4 fully saturated rings. The number of benzene rings is 2. The Balaban J connectivity index is 0.0000196. The van der Waals surface area contributed by atoms with Gasteiger partial charge in [-0.2, -0.15) is 23.5 Å². The molecule has 2 bridgehead atoms. The number of hydrogen-bond donors (Lipinski definition) is 11. The summed E-state index contributed by atoms with van der Waals surface area (Å²) in [5, 5.41) is 60.8. The van der Waals surface area contributed by atoms with E-state index in [0.717, 1.165) is 29.5 Å². The van der Waals surface area contributed by atoms with E-state index in [1.807, 2.05) is 34.9 Å². The van der Waals surface area contributed by atoms with Crippen molar-refractivity contribution in [3.63, 3.8) is 0 Å². The summed E-state index contributed by atoms with van der Waals surface area (Å²) >= 11 is 2.66. The fourth-order valence-corrected chi connectivity index (χ4v) is 16.8. The molecular weight excluding hydrogens is 1650 g/mol. The monoisotopic (exact) mass is 1760 g/mol. The standard InChI is InChI=1S/C76H112N14O19S2.Lu/c1-4-5-7-14-57(93)37-56-48-111-46-54-34-52(41-84-29-31-88(32-30-84)65(96)42-85-23-21-83(40-49(2)91)22-25-86(43-67(99)100)27-28-87(26-24-85)44-68(101)102)33-53(35-54)45-110-47-55(71(104)81-60(70(78)103)39-66(97)98)38-63(94)59(36-51-12-8-6-9-13-51)80-72(105)58(17-18-64(77)95)79-74(107)69(50(3)92)82-73(106)61-15-10-19-89(61)76(109)62-16-11-20-90(62)75(56)108;/h6,8-9,12-13,33-35,50,55-56,58-62,69,91-92H,2,4-5,7,10-11,14-32,36-48H2,1,3H3,(H2,77,95)(H2,78,103)(H,79,107)(H,80,105)(H,81,104)(H,82,106)(H,97,98)(H,99,100)(H,101,102);/t50-,55+,56+,58+,59+,60+,61+,62+,69+;/m1./s1. The van der Waals surface area contributed by atoms with Crippen LogP contribution < -0.4 is 32.7 Å². The zero-order valence-corrected chi connectivity index (χ0v) is 67.2. The number of nitrogens with two attached hydrogens (primary N) is 2. The minimum Gasteiger partial charge on any atom is -0.512 e. The molecule has 0 saturated carbocycles. The largest absolute Gasteiger partial charge is 0.512 e. The average molecular weight is 1760 g/mol. The van der Waals surface area contributed by atoms with Crippen LogP contribution >= 0.6 is 23.5 Å². The van der Waals surface area contributed by atoms with Crippen molar-refractivity contribution < 1.29 is 130 Å². The Morgan fingerprint density at radius 1 is 0.607 bits per heavy atom. The number of unbranched alkanes of at least 4 members (excludes halogenated alkanes) is 2. The number of fused-ring (bicyclic) bond motifs is 4. The molecule has 7 rings (SSSR count). The molecule has 0 aromatic heterocycles. The zero-order valence-electron chi connectivity index (χ0n) is 63.9. The molecule has 5 aliphatic rings. The van der Waals surface area contributed by atoms with Crippen LogP contribution in [0.2, 0.25) is 0 Å². The van der Waals surface area contributed by atoms with Crippen LogP contribution in [0.25, 0.3) is 0 Å². The van der Waals surface area contributed by atoms with Gasteiger partial charge in [0.15, 0.2) is 5.78 Å². The van der Waals surface area contributed by atoms with Gasteiger partial charge >= 0.3 is 17.9 Å². The number of aliphatic hydroxyl groups is 2. The van der Waals surface area contributed by atoms with E-state index in [9.17, 15) is 83.1 Å². The van der Waals surface area contributed by atoms with E-state index in [2.05, 4.69) is 32.7 Å². The van der Waals surface area contributed by atoms with Crippen LogP contribution in [0.5, 0.6) is 0 Å². The molecule has 1 radical (unpaired) electrons. The number of carbonyl (C=O) groups is 14. The Kier molecular flexibility index (Phi) is 39.7. The van der Waals surface area contributed by atoms with Crippen molar-refractivity contribution in [1.29, 1.82) is 0 Å². The predicted octanol–water partition coefficient (Wildman–Crippen LogP) is -0.225. The van der Waals surface area contributed by atoms with Crippen LogP contribution in [0.3, 0.4) is 0 Å². The van der Waals surface area contributed by atoms with Crippen LogP contribution in [-0.2, 0) is 91.6 Å². The van der Waals surface area contributed by atoms with E-state index >= 15 is 9.59 Å². The van der Waals surface area contributed by atoms with E-state index < -0.39 is 151 Å². The normalized spacial score (nSPS) is 23.5. The van der Waals surface area contributed by atoms with Gasteiger partial charge in [-0.15, -0.1) is 0 Å². The van der Waals surface area contributed by atoms with Gasteiger partial charge in [0.2, 0.25) is 53.2 Å². The Morgan fingerprint density at radius 2 is 1.15 bits per heavy atom. The van der Waals surface area contributed by atoms with Gasteiger partial charge in [-0.05, 0) is 74.1 Å². The molecule has 9 atom stereocenters. The van der Waals surface area contributed by atoms with Gasteiger partial charge in [-0.1, -0.05) is 74.9 Å². The summed E-state index contributed by atoms with van der Waals surface area (Å²) in [4.78, 5) is 206. The van der Waals surface area contributed by atoms with E-state index in [0.29, 0.717) is 96.0 Å². The first-order valence-electron chi connectivity index (χ1n) is 38.3. The summed E-state index contributed by atoms with van der Waals surface area (Å²) in [5.74, 6) is -12.9. The van der Waals surface area contributed by atoms with E-state index in [4.69, 9.17) is 11.5 Å². The second-order valence-electron chi connectivity index (χ2n) is 29.6. The minimum absolute atomic E-state index is 0. The van der Waals surface area contributed by atoms with Crippen LogP contribution in [-0.4, -0.2) is 319 Å². The molecular formula is C76H112LuN14O19S2. The number of rotatable bonds is 27. The molecule has 2 aromatic carbocycles. The van der Waals surface area contributed by atoms with E-state index in [1.54, 1.807) is 45.0 Å². The number of piperazine rings is 1. The maximum absolute atomic E-state index is 15.1. The number of aliphatic hydroxyl groups excluding tert-OH is 2. The van der Waals surface area contributed by atoms with E-state index in [-0.39, 0.29) is 163 Å². The fraction of sp³-hybridized carbons (Fsp3) is 0.632. The number of nitrogens with one attached hydrogen (secondary N) is 4. The first kappa shape index (κ1) is 93.5. The molecule has 9 amide bonds. The first-order valence-corrected chi connectivity index (χ1v) is 40.6. The molecule has 0 aliphatic carbocycles. The number of carboxylic acids is 3. The SMILES string of the molecule is C=C(O)CN1CCN(CC(=O)O)CCN(CC(=O)O)CCN(CC(=O)N2CCN(Cc3cc4cc(c3)CSC[C@H](CC(=O)CCCCC)C(=O)N3CCC[C@H]3C(=O)N3CCC[C@H]3C(=O)N[C@@H]([C@@H](C)O)C(=O)N[C@@H](CCC(N)=O)C(=O)N[C@@H](Cc3ccccc3)C(=O)C[C@H](C(=O)N[C@@H](CC(=O)O)C(N)=O)CSC4)CC2)CC1.[Lu]. The van der Waals surface area contributed by atoms with Crippen molar-refractivity contribution in [2.75, 3.05) is 129 Å². The number of primary amides is 2. The van der Waals surface area contributed by atoms with Crippen molar-refractivity contribution in [2.45, 2.75) is 164 Å². The molecule has 4 saturated heterocycles. The van der Waals surface area contributed by atoms with Crippen molar-refractivity contribution in [2.24, 2.45) is 23.3 Å². The zero-order chi connectivity index (χ0) is 80.8. The molecule has 36 heteroatoms. The van der Waals surface area contributed by atoms with Crippen LogP contribution in [0, 0.1) is 48.7 Å². The number of ketones is 2. The van der Waals surface area contributed by atoms with Crippen LogP contribution in [0.15, 0.2) is 60.9 Å². The topological polar surface area (TPSA) is 466 Å². The third kappa shape index (κ3) is 31.1. The summed E-state index contributed by atoms with van der Waals surface area (Å²) in [6, 6.07) is 5.77. The second kappa shape index (κ2) is 47.5. The molecule has 2 aromatic rings. The number of hydrogen-bond acceptors (Lipinski definition) is 23. The van der Waals surface area contributed by atoms with Crippen LogP contribution in [0.4, 0.5) is 0 Å². The summed E-state index contributed by atoms with van der Waals surface area (Å²) in [6.07, 6.45) is -0.478. The van der Waals surface area contributed by atoms with Gasteiger partial charge in [0, 0.05) is 184 Å². The quantitative estimate of drug-likeness (QED) is 0.0407. The number of thioether (sulfide) groups is 2. The fourth-order valence-electron chi connectivity index (χ4n) is 14.6. The summed E-state index contributed by atoms with van der Waals surface area (Å²) in [5.41, 5.74) is 14.2. The molecule has 5 aliphatic heterocycles. The molecule has 13 N–H and O–H groups in total. The van der Waals surface area contributed by atoms with Gasteiger partial charge in [0.05, 0.1) is 62.3 Å². The van der Waals surface area contributed by atoms with Gasteiger partial charge in [-0.3, -0.25) is 91.6 Å². The van der Waals surface area contributed by atoms with Crippen LogP contribution in [0.1, 0.15) is 120 Å². The molecule has 33 nitrogen and oxygen atoms in total. The number of Topliss-reactive ketones (excluding diaryl/α,β-unsaturated/α-hetero) is 2. The van der Waals surface area contributed by atoms with Gasteiger partial charge < -0.3 is 73.0 Å². The Labute approximate surface area is 691 Å². The maximum Gasteiger partial charge on any atom is 0.317 e. The first-order chi connectivity index (χ1) is 52.9. The number of amides is 9. The third-order valence-electron chi connectivity index (χ3n) is 20.6. The summed E-state index contributed by atoms with van der Waals surface area (Å²) < 4.78 is 0. The molecule has 5 heterocycles. The van der Waals surface area contributed by atoms with Gasteiger partial charge in [0.1, 0.15) is 36.0 Å². The third-order valence-corrected chi connectivity index (χ3v) is 22.9. The second-order valence-corrected chi connectivity index (χ2v) is 31.6. The Bertz CT molecular complexity index is 3570. The van der Waals surface area contributed by atoms with Crippen molar-refractivity contribution >= 4 is 106 Å². The van der Waals surface area contributed by atoms with E-state index in [1.165, 1.54) is 40.2 Å². The average Bonchev–Trinajstić information content (AvgIpc) is 1.64. The summed E-state index contributed by atoms with van der Waals surface area (Å²) in [7, 11) is 0. The maximum atomic E-state index is 15.1. The Hall–Kier alpha value is -7.35. The van der Waals surface area contributed by atoms with Gasteiger partial charge in [0.25, 0.3) is 0 Å². The molecule has 112 heavy (non-hydrogen) atoms. The Morgan fingerprint density at radius 3 is 1.70 bits per heavy atom. The smallest absolute Gasteiger partial charge is 0.317 e. The minimum atomic E-state index is -1.75. The number of aliphatic carboxylic acids is 3. The summed E-state index contributed by atoms with van der Waals surface area (Å²) in [6.45, 7) is 11.4. The van der Waals surface area contributed by atoms with Crippen molar-refractivity contribution in [1.82, 2.24) is 60.5 Å². The van der Waals surface area contributed by atoms with Gasteiger partial charge in [-0.25, -0.2) is 0 Å². The number of carbonyl (C=O) groups excluding carboxylic acids is 11.